The van der Waals surface area contributed by atoms with Crippen LogP contribution in [0.25, 0.3) is 11.2 Å². The molecule has 1 aliphatic heterocycles. The fourth-order valence-electron chi connectivity index (χ4n) is 2.34. The zero-order valence-corrected chi connectivity index (χ0v) is 10.5. The van der Waals surface area contributed by atoms with Crippen LogP contribution < -0.4 is 5.73 Å². The standard InChI is InChI=1S/C12H13N5O3/c1-2-12(4-18)3-7(19)11(20-12)17-6-16-8-9(13)14-5-15-10(8)17/h1,5-7,11,18-19H,3-4H2,(H2,13,14,15)/t7-,11-,12+/m1/s1. The van der Waals surface area contributed by atoms with E-state index in [9.17, 15) is 10.2 Å². The van der Waals surface area contributed by atoms with E-state index in [1.807, 2.05) is 0 Å². The number of aliphatic hydroxyl groups excluding tert-OH is 2. The Morgan fingerprint density at radius 1 is 1.55 bits per heavy atom. The van der Waals surface area contributed by atoms with Crippen molar-refractivity contribution in [3.05, 3.63) is 12.7 Å². The van der Waals surface area contributed by atoms with Gasteiger partial charge in [-0.3, -0.25) is 4.57 Å². The number of aliphatic hydroxyl groups is 2. The molecule has 8 nitrogen and oxygen atoms in total. The lowest BCUT2D eigenvalue weighted by Gasteiger charge is -2.21. The smallest absolute Gasteiger partial charge is 0.167 e. The number of nitrogen functional groups attached to an aromatic ring is 1. The minimum Gasteiger partial charge on any atom is -0.392 e. The molecular weight excluding hydrogens is 262 g/mol. The molecule has 3 heterocycles. The third-order valence-electron chi connectivity index (χ3n) is 3.39. The van der Waals surface area contributed by atoms with Crippen LogP contribution in [0.3, 0.4) is 0 Å². The van der Waals surface area contributed by atoms with Crippen molar-refractivity contribution in [1.29, 1.82) is 0 Å². The first-order valence-corrected chi connectivity index (χ1v) is 5.98. The van der Waals surface area contributed by atoms with Crippen molar-refractivity contribution in [2.75, 3.05) is 12.3 Å². The molecule has 3 atom stereocenters. The van der Waals surface area contributed by atoms with Gasteiger partial charge in [-0.05, 0) is 0 Å². The molecular formula is C12H13N5O3. The molecule has 0 unspecified atom stereocenters. The normalized spacial score (nSPS) is 29.6. The van der Waals surface area contributed by atoms with Crippen LogP contribution >= 0.6 is 0 Å². The Kier molecular flexibility index (Phi) is 2.83. The first kappa shape index (κ1) is 12.8. The number of ether oxygens (including phenoxy) is 1. The van der Waals surface area contributed by atoms with Gasteiger partial charge in [0.05, 0.1) is 12.9 Å². The summed E-state index contributed by atoms with van der Waals surface area (Å²) in [6, 6.07) is 0. The average molecular weight is 275 g/mol. The molecule has 1 aliphatic rings. The Hall–Kier alpha value is -2.21. The fourth-order valence-corrected chi connectivity index (χ4v) is 2.34. The van der Waals surface area contributed by atoms with Crippen LogP contribution in [0.15, 0.2) is 12.7 Å². The van der Waals surface area contributed by atoms with Gasteiger partial charge in [0.2, 0.25) is 0 Å². The van der Waals surface area contributed by atoms with Crippen LogP contribution in [0.2, 0.25) is 0 Å². The molecule has 0 aromatic carbocycles. The summed E-state index contributed by atoms with van der Waals surface area (Å²) >= 11 is 0. The highest BCUT2D eigenvalue weighted by Gasteiger charge is 2.46. The van der Waals surface area contributed by atoms with Crippen LogP contribution in [0, 0.1) is 12.3 Å². The van der Waals surface area contributed by atoms with Gasteiger partial charge in [0.25, 0.3) is 0 Å². The number of anilines is 1. The Morgan fingerprint density at radius 2 is 2.35 bits per heavy atom. The van der Waals surface area contributed by atoms with Gasteiger partial charge in [-0.25, -0.2) is 15.0 Å². The zero-order chi connectivity index (χ0) is 14.3. The van der Waals surface area contributed by atoms with E-state index in [2.05, 4.69) is 20.9 Å². The van der Waals surface area contributed by atoms with Gasteiger partial charge in [-0.2, -0.15) is 0 Å². The number of nitrogens with zero attached hydrogens (tertiary/aromatic N) is 4. The molecule has 2 aromatic heterocycles. The molecule has 0 amide bonds. The predicted molar refractivity (Wildman–Crippen MR) is 69.1 cm³/mol. The van der Waals surface area contributed by atoms with Crippen molar-refractivity contribution in [2.24, 2.45) is 0 Å². The molecule has 0 saturated carbocycles. The van der Waals surface area contributed by atoms with Gasteiger partial charge in [0, 0.05) is 6.42 Å². The fraction of sp³-hybridized carbons (Fsp3) is 0.417. The van der Waals surface area contributed by atoms with Crippen LogP contribution in [-0.4, -0.2) is 48.0 Å². The molecule has 0 bridgehead atoms. The van der Waals surface area contributed by atoms with E-state index in [0.717, 1.165) is 0 Å². The Bertz CT molecular complexity index is 694. The van der Waals surface area contributed by atoms with Crippen molar-refractivity contribution in [2.45, 2.75) is 24.4 Å². The summed E-state index contributed by atoms with van der Waals surface area (Å²) in [6.07, 6.45) is 6.60. The summed E-state index contributed by atoms with van der Waals surface area (Å²) in [7, 11) is 0. The predicted octanol–water partition coefficient (Wildman–Crippen LogP) is -0.947. The molecule has 1 saturated heterocycles. The van der Waals surface area contributed by atoms with Gasteiger partial charge in [0.15, 0.2) is 23.3 Å². The maximum Gasteiger partial charge on any atom is 0.167 e. The molecule has 20 heavy (non-hydrogen) atoms. The van der Waals surface area contributed by atoms with Crippen LogP contribution in [0.4, 0.5) is 5.82 Å². The lowest BCUT2D eigenvalue weighted by Crippen LogP contribution is -2.31. The highest BCUT2D eigenvalue weighted by atomic mass is 16.6. The summed E-state index contributed by atoms with van der Waals surface area (Å²) < 4.78 is 7.17. The highest BCUT2D eigenvalue weighted by Crippen LogP contribution is 2.37. The van der Waals surface area contributed by atoms with Crippen LogP contribution in [-0.2, 0) is 4.74 Å². The largest absolute Gasteiger partial charge is 0.392 e. The number of imidazole rings is 1. The second kappa shape index (κ2) is 4.42. The maximum absolute atomic E-state index is 10.1. The van der Waals surface area contributed by atoms with E-state index in [0.29, 0.717) is 11.2 Å². The minimum absolute atomic E-state index is 0.130. The molecule has 104 valence electrons. The SMILES string of the molecule is C#C[C@@]1(CO)C[C@@H](O)[C@H](n2cnc3c(N)ncnc32)O1. The van der Waals surface area contributed by atoms with E-state index in [1.165, 1.54) is 17.2 Å². The third kappa shape index (κ3) is 1.72. The zero-order valence-electron chi connectivity index (χ0n) is 10.5. The van der Waals surface area contributed by atoms with Crippen LogP contribution in [0.1, 0.15) is 12.6 Å². The number of nitrogens with two attached hydrogens (primary N) is 1. The number of fused-ring (bicyclic) bond motifs is 1. The van der Waals surface area contributed by atoms with Crippen molar-refractivity contribution in [1.82, 2.24) is 19.5 Å². The molecule has 2 aromatic rings. The van der Waals surface area contributed by atoms with Crippen molar-refractivity contribution in [3.63, 3.8) is 0 Å². The Labute approximate surface area is 114 Å². The lowest BCUT2D eigenvalue weighted by atomic mass is 10.0. The van der Waals surface area contributed by atoms with Gasteiger partial charge in [-0.15, -0.1) is 6.42 Å². The average Bonchev–Trinajstić information content (AvgIpc) is 3.01. The molecule has 0 radical (unpaired) electrons. The maximum atomic E-state index is 10.1. The topological polar surface area (TPSA) is 119 Å². The van der Waals surface area contributed by atoms with Crippen LogP contribution in [0.5, 0.6) is 0 Å². The third-order valence-corrected chi connectivity index (χ3v) is 3.39. The molecule has 3 rings (SSSR count). The summed E-state index contributed by atoms with van der Waals surface area (Å²) in [6.45, 7) is -0.374. The molecule has 8 heteroatoms. The summed E-state index contributed by atoms with van der Waals surface area (Å²) in [4.78, 5) is 12.0. The summed E-state index contributed by atoms with van der Waals surface area (Å²) in [5.41, 5.74) is 5.37. The second-order valence-corrected chi connectivity index (χ2v) is 4.66. The first-order chi connectivity index (χ1) is 9.60. The number of aromatic nitrogens is 4. The van der Waals surface area contributed by atoms with E-state index < -0.39 is 17.9 Å². The molecule has 4 N–H and O–H groups in total. The molecule has 1 fully saturated rings. The van der Waals surface area contributed by atoms with E-state index in [1.54, 1.807) is 0 Å². The minimum atomic E-state index is -1.20. The van der Waals surface area contributed by atoms with Gasteiger partial charge >= 0.3 is 0 Å². The number of hydrogen-bond donors (Lipinski definition) is 3. The second-order valence-electron chi connectivity index (χ2n) is 4.66. The van der Waals surface area contributed by atoms with E-state index in [-0.39, 0.29) is 18.8 Å². The monoisotopic (exact) mass is 275 g/mol. The Balaban J connectivity index is 2.05. The quantitative estimate of drug-likeness (QED) is 0.604. The number of terminal acetylenes is 1. The van der Waals surface area contributed by atoms with Crippen molar-refractivity contribution >= 4 is 17.0 Å². The summed E-state index contributed by atoms with van der Waals surface area (Å²) in [5.74, 6) is 2.63. The van der Waals surface area contributed by atoms with E-state index >= 15 is 0 Å². The number of rotatable bonds is 2. The first-order valence-electron chi connectivity index (χ1n) is 5.98. The highest BCUT2D eigenvalue weighted by molar-refractivity contribution is 5.81. The Morgan fingerprint density at radius 3 is 3.00 bits per heavy atom. The number of hydrogen-bond acceptors (Lipinski definition) is 7. The van der Waals surface area contributed by atoms with E-state index in [4.69, 9.17) is 16.9 Å². The van der Waals surface area contributed by atoms with Gasteiger partial charge < -0.3 is 20.7 Å². The van der Waals surface area contributed by atoms with Crippen molar-refractivity contribution in [3.8, 4) is 12.3 Å². The lowest BCUT2D eigenvalue weighted by molar-refractivity contribution is -0.0789. The summed E-state index contributed by atoms with van der Waals surface area (Å²) in [5, 5.41) is 19.5. The van der Waals surface area contributed by atoms with Crippen molar-refractivity contribution < 1.29 is 14.9 Å². The van der Waals surface area contributed by atoms with Gasteiger partial charge in [-0.1, -0.05) is 5.92 Å². The van der Waals surface area contributed by atoms with Gasteiger partial charge in [0.1, 0.15) is 17.9 Å². The molecule has 0 spiro atoms. The molecule has 0 aliphatic carbocycles.